The molecule has 13 heteroatoms. The van der Waals surface area contributed by atoms with Crippen molar-refractivity contribution >= 4 is 54.2 Å². The number of carbonyl (C=O) groups is 2. The summed E-state index contributed by atoms with van der Waals surface area (Å²) in [5.74, 6) is -0.668. The van der Waals surface area contributed by atoms with Gasteiger partial charge in [-0.25, -0.2) is 16.8 Å². The van der Waals surface area contributed by atoms with E-state index in [0.717, 1.165) is 11.8 Å². The van der Waals surface area contributed by atoms with Gasteiger partial charge in [0.15, 0.2) is 0 Å². The van der Waals surface area contributed by atoms with Gasteiger partial charge in [0.05, 0.1) is 17.7 Å². The summed E-state index contributed by atoms with van der Waals surface area (Å²) in [6, 6.07) is 8.39. The number of piperazine rings is 1. The van der Waals surface area contributed by atoms with Crippen LogP contribution in [-0.4, -0.2) is 93.3 Å². The summed E-state index contributed by atoms with van der Waals surface area (Å²) in [6.45, 7) is 0.776. The first-order valence-electron chi connectivity index (χ1n) is 12.7. The molecule has 4 aliphatic heterocycles. The van der Waals surface area contributed by atoms with Gasteiger partial charge in [-0.2, -0.15) is 9.03 Å². The lowest BCUT2D eigenvalue weighted by Gasteiger charge is -2.43. The Labute approximate surface area is 228 Å². The highest BCUT2D eigenvalue weighted by atomic mass is 35.5. The fourth-order valence-electron chi connectivity index (χ4n) is 5.78. The van der Waals surface area contributed by atoms with Crippen molar-refractivity contribution in [1.82, 2.24) is 18.8 Å². The molecular weight excluding hydrogens is 552 g/mol. The van der Waals surface area contributed by atoms with E-state index in [1.807, 2.05) is 0 Å². The third-order valence-corrected chi connectivity index (χ3v) is 10.7. The smallest absolute Gasteiger partial charge is 0.242 e. The summed E-state index contributed by atoms with van der Waals surface area (Å²) < 4.78 is 54.7. The van der Waals surface area contributed by atoms with E-state index in [9.17, 15) is 26.4 Å². The number of nitrogens with zero attached hydrogens (tertiary/aromatic N) is 3. The summed E-state index contributed by atoms with van der Waals surface area (Å²) in [4.78, 5) is 29.7. The van der Waals surface area contributed by atoms with Crippen LogP contribution in [0.25, 0.3) is 10.8 Å². The molecule has 3 atom stereocenters. The van der Waals surface area contributed by atoms with Crippen molar-refractivity contribution < 1.29 is 26.4 Å². The molecule has 4 aliphatic rings. The van der Waals surface area contributed by atoms with E-state index in [4.69, 9.17) is 11.6 Å². The number of fused-ring (bicyclic) bond motifs is 5. The van der Waals surface area contributed by atoms with E-state index in [-0.39, 0.29) is 36.0 Å². The molecule has 2 unspecified atom stereocenters. The lowest BCUT2D eigenvalue weighted by atomic mass is 10.1. The third kappa shape index (κ3) is 5.55. The van der Waals surface area contributed by atoms with Gasteiger partial charge in [0.1, 0.15) is 6.04 Å². The number of amides is 2. The number of likely N-dealkylation sites (tertiary alicyclic amines) is 1. The normalized spacial score (nSPS) is 25.1. The molecule has 0 saturated carbocycles. The van der Waals surface area contributed by atoms with Crippen LogP contribution >= 0.6 is 11.6 Å². The number of benzene rings is 2. The fraction of sp³-hybridized carbons (Fsp3) is 0.520. The van der Waals surface area contributed by atoms with Gasteiger partial charge < -0.3 is 9.80 Å². The average Bonchev–Trinajstić information content (AvgIpc) is 3.20. The Morgan fingerprint density at radius 1 is 0.974 bits per heavy atom. The zero-order chi connectivity index (χ0) is 27.2. The Morgan fingerprint density at radius 2 is 1.68 bits per heavy atom. The number of halogens is 1. The molecule has 4 saturated heterocycles. The van der Waals surface area contributed by atoms with Crippen LogP contribution in [0.4, 0.5) is 0 Å². The van der Waals surface area contributed by atoms with Gasteiger partial charge in [-0.15, -0.1) is 0 Å². The molecule has 6 rings (SSSR count). The zero-order valence-electron chi connectivity index (χ0n) is 21.0. The highest BCUT2D eigenvalue weighted by molar-refractivity contribution is 7.89. The Morgan fingerprint density at radius 3 is 2.45 bits per heavy atom. The van der Waals surface area contributed by atoms with Crippen molar-refractivity contribution in [2.75, 3.05) is 32.4 Å². The molecule has 0 spiro atoms. The largest absolute Gasteiger partial charge is 0.335 e. The number of nitrogens with one attached hydrogen (secondary N) is 1. The van der Waals surface area contributed by atoms with Crippen molar-refractivity contribution in [2.45, 2.75) is 55.1 Å². The molecule has 0 radical (unpaired) electrons. The van der Waals surface area contributed by atoms with Crippen LogP contribution in [0.3, 0.4) is 0 Å². The van der Waals surface area contributed by atoms with Gasteiger partial charge in [0.25, 0.3) is 0 Å². The molecule has 38 heavy (non-hydrogen) atoms. The molecule has 0 aromatic heterocycles. The lowest BCUT2D eigenvalue weighted by molar-refractivity contribution is -0.145. The summed E-state index contributed by atoms with van der Waals surface area (Å²) in [7, 11) is -7.35. The minimum absolute atomic E-state index is 0.0457. The highest BCUT2D eigenvalue weighted by Crippen LogP contribution is 2.30. The summed E-state index contributed by atoms with van der Waals surface area (Å²) in [6.07, 6.45) is 4.32. The van der Waals surface area contributed by atoms with E-state index in [2.05, 4.69) is 4.72 Å². The van der Waals surface area contributed by atoms with Crippen LogP contribution in [0.5, 0.6) is 0 Å². The number of hydrogen-bond donors (Lipinski definition) is 1. The van der Waals surface area contributed by atoms with Gasteiger partial charge in [0.2, 0.25) is 31.9 Å². The number of piperidine rings is 1. The summed E-state index contributed by atoms with van der Waals surface area (Å²) in [5, 5.41) is 2.06. The number of hydrogen-bond acceptors (Lipinski definition) is 6. The predicted octanol–water partition coefficient (Wildman–Crippen LogP) is 1.79. The van der Waals surface area contributed by atoms with Crippen molar-refractivity contribution in [3.05, 3.63) is 41.4 Å². The molecule has 4 fully saturated rings. The van der Waals surface area contributed by atoms with Crippen LogP contribution in [0.2, 0.25) is 5.02 Å². The van der Waals surface area contributed by atoms with E-state index in [0.29, 0.717) is 49.2 Å². The van der Waals surface area contributed by atoms with Crippen LogP contribution < -0.4 is 4.72 Å². The molecule has 10 nitrogen and oxygen atoms in total. The quantitative estimate of drug-likeness (QED) is 0.554. The highest BCUT2D eigenvalue weighted by Gasteiger charge is 2.43. The maximum Gasteiger partial charge on any atom is 0.242 e. The van der Waals surface area contributed by atoms with E-state index < -0.39 is 32.0 Å². The van der Waals surface area contributed by atoms with E-state index in [1.165, 1.54) is 27.6 Å². The summed E-state index contributed by atoms with van der Waals surface area (Å²) >= 11 is 6.02. The lowest BCUT2D eigenvalue weighted by Crippen LogP contribution is -2.61. The Kier molecular flexibility index (Phi) is 7.46. The monoisotopic (exact) mass is 582 g/mol. The third-order valence-electron chi connectivity index (χ3n) is 7.71. The second-order valence-corrected chi connectivity index (χ2v) is 14.4. The molecular formula is C25H31ClN4O6S2. The minimum atomic E-state index is -3.99. The maximum atomic E-state index is 13.3. The zero-order valence-corrected chi connectivity index (χ0v) is 23.4. The molecule has 2 aromatic rings. The van der Waals surface area contributed by atoms with Gasteiger partial charge >= 0.3 is 0 Å². The predicted molar refractivity (Wildman–Crippen MR) is 144 cm³/mol. The number of carbonyl (C=O) groups excluding carboxylic acids is 2. The van der Waals surface area contributed by atoms with E-state index >= 15 is 0 Å². The Hall–Kier alpha value is -2.25. The fourth-order valence-corrected chi connectivity index (χ4v) is 8.38. The molecule has 2 bridgehead atoms. The first kappa shape index (κ1) is 27.3. The Bertz CT molecular complexity index is 1480. The Balaban J connectivity index is 1.26. The van der Waals surface area contributed by atoms with Gasteiger partial charge in [-0.3, -0.25) is 9.59 Å². The van der Waals surface area contributed by atoms with E-state index in [1.54, 1.807) is 29.2 Å². The number of rotatable bonds is 6. The second-order valence-electron chi connectivity index (χ2n) is 10.3. The van der Waals surface area contributed by atoms with Crippen molar-refractivity contribution in [1.29, 1.82) is 0 Å². The maximum absolute atomic E-state index is 13.3. The van der Waals surface area contributed by atoms with Crippen molar-refractivity contribution in [3.8, 4) is 0 Å². The standard InChI is InChI=1S/C25H31ClN4O6S2/c1-37(33,34)30-15-20-4-2-5-21(30)14-29(20)24(31)16-28-11-3-6-23(25(28)32)27-38(35,36)22-10-8-17-12-19(26)9-7-18(17)13-22/h7-10,12-13,20-21,23,27H,2-6,11,14-16H2,1H3/t20?,21?,23-/m0/s1. The molecule has 0 aliphatic carbocycles. The van der Waals surface area contributed by atoms with Crippen LogP contribution in [-0.2, 0) is 29.6 Å². The molecule has 4 heterocycles. The average molecular weight is 583 g/mol. The minimum Gasteiger partial charge on any atom is -0.335 e. The van der Waals surface area contributed by atoms with Crippen LogP contribution in [0.1, 0.15) is 32.1 Å². The van der Waals surface area contributed by atoms with Gasteiger partial charge in [0, 0.05) is 36.7 Å². The van der Waals surface area contributed by atoms with Crippen molar-refractivity contribution in [2.24, 2.45) is 0 Å². The van der Waals surface area contributed by atoms with Gasteiger partial charge in [-0.05, 0) is 67.1 Å². The van der Waals surface area contributed by atoms with Gasteiger partial charge in [-0.1, -0.05) is 23.7 Å². The van der Waals surface area contributed by atoms with Crippen molar-refractivity contribution in [3.63, 3.8) is 0 Å². The molecule has 206 valence electrons. The number of sulfonamides is 2. The second kappa shape index (κ2) is 10.4. The summed E-state index contributed by atoms with van der Waals surface area (Å²) in [5.41, 5.74) is 0. The van der Waals surface area contributed by atoms with Crippen LogP contribution in [0, 0.1) is 0 Å². The SMILES string of the molecule is CS(=O)(=O)N1CC2CCCC1CN2C(=O)CN1CCC[C@H](NS(=O)(=O)c2ccc3cc(Cl)ccc3c2)C1=O. The molecule has 2 aromatic carbocycles. The molecule has 1 N–H and O–H groups in total. The first-order valence-corrected chi connectivity index (χ1v) is 16.4. The first-order chi connectivity index (χ1) is 17.9. The van der Waals surface area contributed by atoms with Crippen LogP contribution in [0.15, 0.2) is 41.3 Å². The topological polar surface area (TPSA) is 124 Å². The molecule has 2 amide bonds.